The lowest BCUT2D eigenvalue weighted by Crippen LogP contribution is -2.49. The number of sulfonamides is 1. The van der Waals surface area contributed by atoms with Crippen molar-refractivity contribution in [2.24, 2.45) is 0 Å². The second kappa shape index (κ2) is 10.6. The van der Waals surface area contributed by atoms with Gasteiger partial charge >= 0.3 is 0 Å². The van der Waals surface area contributed by atoms with Crippen molar-refractivity contribution >= 4 is 44.5 Å². The van der Waals surface area contributed by atoms with E-state index in [1.807, 2.05) is 12.1 Å². The third-order valence-electron chi connectivity index (χ3n) is 6.60. The van der Waals surface area contributed by atoms with Crippen LogP contribution in [0.2, 0.25) is 5.02 Å². The van der Waals surface area contributed by atoms with Crippen LogP contribution in [0.4, 0.5) is 5.82 Å². The Labute approximate surface area is 225 Å². The van der Waals surface area contributed by atoms with Crippen molar-refractivity contribution in [3.05, 3.63) is 65.4 Å². The van der Waals surface area contributed by atoms with E-state index in [-0.39, 0.29) is 10.8 Å². The van der Waals surface area contributed by atoms with E-state index >= 15 is 0 Å². The number of hydrogen-bond donors (Lipinski definition) is 0. The van der Waals surface area contributed by atoms with E-state index < -0.39 is 10.0 Å². The molecule has 0 unspecified atom stereocenters. The number of benzene rings is 2. The van der Waals surface area contributed by atoms with Gasteiger partial charge in [-0.2, -0.15) is 8.99 Å². The number of carbonyl (C=O) groups excluding carboxylic acids is 1. The normalized spacial score (nSPS) is 14.4. The van der Waals surface area contributed by atoms with Gasteiger partial charge in [0.05, 0.1) is 10.6 Å². The number of rotatable bonds is 7. The largest absolute Gasteiger partial charge is 0.351 e. The van der Waals surface area contributed by atoms with Crippen LogP contribution in [-0.4, -0.2) is 87.8 Å². The molecule has 0 atom stereocenters. The predicted octanol–water partition coefficient (Wildman–Crippen LogP) is 2.86. The van der Waals surface area contributed by atoms with Crippen molar-refractivity contribution in [1.29, 1.82) is 0 Å². The highest BCUT2D eigenvalue weighted by Gasteiger charge is 2.27. The second-order valence-corrected chi connectivity index (χ2v) is 11.1. The maximum Gasteiger partial charge on any atom is 0.253 e. The van der Waals surface area contributed by atoms with E-state index in [1.165, 1.54) is 22.8 Å². The molecule has 0 N–H and O–H groups in total. The summed E-state index contributed by atoms with van der Waals surface area (Å²) in [4.78, 5) is 26.0. The predicted molar refractivity (Wildman–Crippen MR) is 144 cm³/mol. The molecule has 3 heterocycles. The Balaban J connectivity index is 1.29. The van der Waals surface area contributed by atoms with Crippen molar-refractivity contribution < 1.29 is 13.2 Å². The summed E-state index contributed by atoms with van der Waals surface area (Å²) in [5.41, 5.74) is 2.39. The van der Waals surface area contributed by atoms with Crippen molar-refractivity contribution in [2.45, 2.75) is 18.7 Å². The van der Waals surface area contributed by atoms with E-state index in [4.69, 9.17) is 11.6 Å². The summed E-state index contributed by atoms with van der Waals surface area (Å²) in [6, 6.07) is 13.4. The average molecular weight is 555 g/mol. The number of aromatic nitrogens is 5. The molecular weight excluding hydrogens is 528 g/mol. The zero-order chi connectivity index (χ0) is 26.9. The van der Waals surface area contributed by atoms with Gasteiger partial charge in [-0.1, -0.05) is 30.7 Å². The van der Waals surface area contributed by atoms with Crippen LogP contribution in [0.25, 0.3) is 16.9 Å². The Morgan fingerprint density at radius 3 is 2.24 bits per heavy atom. The quantitative estimate of drug-likeness (QED) is 0.342. The van der Waals surface area contributed by atoms with Crippen molar-refractivity contribution in [3.8, 4) is 5.69 Å². The molecule has 0 spiro atoms. The molecule has 38 heavy (non-hydrogen) atoms. The van der Waals surface area contributed by atoms with Gasteiger partial charge in [0.1, 0.15) is 6.33 Å². The molecule has 0 aliphatic carbocycles. The maximum atomic E-state index is 13.1. The molecule has 1 aliphatic heterocycles. The molecule has 198 valence electrons. The number of fused-ring (bicyclic) bond motifs is 1. The molecular formula is C25H27ClN8O3S. The molecule has 2 aromatic heterocycles. The highest BCUT2D eigenvalue weighted by molar-refractivity contribution is 7.89. The summed E-state index contributed by atoms with van der Waals surface area (Å²) >= 11 is 6.01. The maximum absolute atomic E-state index is 13.1. The fraction of sp³-hybridized carbons (Fsp3) is 0.320. The summed E-state index contributed by atoms with van der Waals surface area (Å²) in [6.45, 7) is 6.45. The number of amides is 1. The molecule has 0 radical (unpaired) electrons. The summed E-state index contributed by atoms with van der Waals surface area (Å²) in [7, 11) is -3.57. The summed E-state index contributed by atoms with van der Waals surface area (Å²) in [5.74, 6) is 0.520. The lowest BCUT2D eigenvalue weighted by atomic mass is 10.2. The van der Waals surface area contributed by atoms with Gasteiger partial charge in [-0.25, -0.2) is 18.4 Å². The number of halogens is 1. The number of nitrogens with zero attached hydrogens (tertiary/aromatic N) is 8. The van der Waals surface area contributed by atoms with Crippen LogP contribution in [0, 0.1) is 0 Å². The number of anilines is 1. The van der Waals surface area contributed by atoms with Crippen LogP contribution in [0.1, 0.15) is 24.2 Å². The summed E-state index contributed by atoms with van der Waals surface area (Å²) in [6.07, 6.45) is 1.48. The fourth-order valence-corrected chi connectivity index (χ4v) is 6.09. The molecule has 1 saturated heterocycles. The number of piperazine rings is 1. The first-order valence-electron chi connectivity index (χ1n) is 12.3. The minimum atomic E-state index is -3.57. The zero-order valence-corrected chi connectivity index (χ0v) is 22.6. The van der Waals surface area contributed by atoms with Crippen LogP contribution >= 0.6 is 11.6 Å². The zero-order valence-electron chi connectivity index (χ0n) is 21.0. The van der Waals surface area contributed by atoms with Gasteiger partial charge in [-0.05, 0) is 48.5 Å². The fourth-order valence-electron chi connectivity index (χ4n) is 4.51. The third kappa shape index (κ3) is 4.82. The van der Waals surface area contributed by atoms with E-state index in [0.717, 1.165) is 5.69 Å². The Morgan fingerprint density at radius 1 is 0.947 bits per heavy atom. The van der Waals surface area contributed by atoms with E-state index in [0.29, 0.717) is 66.8 Å². The molecule has 1 amide bonds. The Bertz CT molecular complexity index is 1550. The highest BCUT2D eigenvalue weighted by Crippen LogP contribution is 2.25. The third-order valence-corrected chi connectivity index (χ3v) is 8.92. The number of carbonyl (C=O) groups is 1. The van der Waals surface area contributed by atoms with Crippen LogP contribution in [-0.2, 0) is 10.0 Å². The molecule has 13 heteroatoms. The lowest BCUT2D eigenvalue weighted by molar-refractivity contribution is 0.0746. The minimum absolute atomic E-state index is 0.141. The highest BCUT2D eigenvalue weighted by atomic mass is 35.5. The van der Waals surface area contributed by atoms with Crippen LogP contribution in [0.3, 0.4) is 0 Å². The first kappa shape index (κ1) is 26.0. The standard InChI is InChI=1S/C25H27ClN8O3S/c1-3-33(4-2)38(36,37)21-11-5-18(6-12-21)25(35)32-15-13-31(14-16-32)23-22-24(28-17-27-23)34(30-29-22)20-9-7-19(26)8-10-20/h5-12,17H,3-4,13-16H2,1-2H3. The van der Waals surface area contributed by atoms with Gasteiger partial charge in [0.2, 0.25) is 10.0 Å². The smallest absolute Gasteiger partial charge is 0.253 e. The summed E-state index contributed by atoms with van der Waals surface area (Å²) in [5, 5.41) is 9.22. The van der Waals surface area contributed by atoms with Crippen molar-refractivity contribution in [1.82, 2.24) is 34.2 Å². The molecule has 0 bridgehead atoms. The summed E-state index contributed by atoms with van der Waals surface area (Å²) < 4.78 is 28.5. The van der Waals surface area contributed by atoms with Gasteiger partial charge in [0.25, 0.3) is 5.91 Å². The van der Waals surface area contributed by atoms with E-state index in [1.54, 1.807) is 47.7 Å². The van der Waals surface area contributed by atoms with Crippen LogP contribution in [0.15, 0.2) is 59.8 Å². The Kier molecular flexibility index (Phi) is 7.28. The topological polar surface area (TPSA) is 117 Å². The molecule has 0 saturated carbocycles. The average Bonchev–Trinajstić information content (AvgIpc) is 3.38. The van der Waals surface area contributed by atoms with Crippen molar-refractivity contribution in [2.75, 3.05) is 44.2 Å². The first-order valence-corrected chi connectivity index (χ1v) is 14.1. The van der Waals surface area contributed by atoms with Crippen LogP contribution in [0.5, 0.6) is 0 Å². The minimum Gasteiger partial charge on any atom is -0.351 e. The Morgan fingerprint density at radius 2 is 1.61 bits per heavy atom. The monoisotopic (exact) mass is 554 g/mol. The Hall–Kier alpha value is -3.61. The molecule has 2 aromatic carbocycles. The van der Waals surface area contributed by atoms with Gasteiger partial charge in [0.15, 0.2) is 17.0 Å². The lowest BCUT2D eigenvalue weighted by Gasteiger charge is -2.35. The van der Waals surface area contributed by atoms with E-state index in [2.05, 4.69) is 25.2 Å². The van der Waals surface area contributed by atoms with Gasteiger partial charge in [-0.3, -0.25) is 4.79 Å². The second-order valence-electron chi connectivity index (χ2n) is 8.74. The molecule has 5 rings (SSSR count). The molecule has 1 aliphatic rings. The molecule has 11 nitrogen and oxygen atoms in total. The van der Waals surface area contributed by atoms with E-state index in [9.17, 15) is 13.2 Å². The van der Waals surface area contributed by atoms with Gasteiger partial charge in [0, 0.05) is 49.9 Å². The van der Waals surface area contributed by atoms with Gasteiger partial charge in [-0.15, -0.1) is 5.10 Å². The van der Waals surface area contributed by atoms with Crippen LogP contribution < -0.4 is 4.90 Å². The molecule has 4 aromatic rings. The van der Waals surface area contributed by atoms with Gasteiger partial charge < -0.3 is 9.80 Å². The number of hydrogen-bond acceptors (Lipinski definition) is 8. The molecule has 1 fully saturated rings. The van der Waals surface area contributed by atoms with Crippen molar-refractivity contribution in [3.63, 3.8) is 0 Å². The SMILES string of the molecule is CCN(CC)S(=O)(=O)c1ccc(C(=O)N2CCN(c3ncnc4c3nnn4-c3ccc(Cl)cc3)CC2)cc1. The first-order chi connectivity index (χ1) is 18.3.